The van der Waals surface area contributed by atoms with Crippen LogP contribution in [-0.4, -0.2) is 17.9 Å². The third-order valence-corrected chi connectivity index (χ3v) is 3.03. The van der Waals surface area contributed by atoms with E-state index in [4.69, 9.17) is 0 Å². The zero-order chi connectivity index (χ0) is 13.1. The molecule has 96 valence electrons. The highest BCUT2D eigenvalue weighted by atomic mass is 19.1. The molecule has 0 radical (unpaired) electrons. The third kappa shape index (κ3) is 2.92. The fraction of sp³-hybridized carbons (Fsp3) is 0.385. The van der Waals surface area contributed by atoms with Crippen molar-refractivity contribution in [2.24, 2.45) is 0 Å². The Balaban J connectivity index is 1.93. The first-order valence-electron chi connectivity index (χ1n) is 5.88. The maximum atomic E-state index is 13.3. The Labute approximate surface area is 105 Å². The van der Waals surface area contributed by atoms with E-state index in [-0.39, 0.29) is 23.7 Å². The minimum Gasteiger partial charge on any atom is -0.302 e. The highest BCUT2D eigenvalue weighted by molar-refractivity contribution is 6.00. The van der Waals surface area contributed by atoms with Gasteiger partial charge in [0.25, 0.3) is 0 Å². The summed E-state index contributed by atoms with van der Waals surface area (Å²) in [5.74, 6) is -0.796. The zero-order valence-electron chi connectivity index (χ0n) is 10.1. The average molecular weight is 250 g/mol. The molecule has 1 aromatic carbocycles. The number of halogens is 1. The van der Waals surface area contributed by atoms with Gasteiger partial charge in [-0.05, 0) is 30.5 Å². The van der Waals surface area contributed by atoms with E-state index in [1.54, 1.807) is 13.0 Å². The highest BCUT2D eigenvalue weighted by Crippen LogP contribution is 2.10. The largest absolute Gasteiger partial charge is 0.302 e. The molecule has 2 rings (SSSR count). The molecule has 0 spiro atoms. The molecule has 0 aromatic heterocycles. The van der Waals surface area contributed by atoms with Gasteiger partial charge in [-0.3, -0.25) is 14.9 Å². The fourth-order valence-corrected chi connectivity index (χ4v) is 1.88. The molecule has 1 aliphatic heterocycles. The van der Waals surface area contributed by atoms with E-state index in [9.17, 15) is 14.0 Å². The van der Waals surface area contributed by atoms with Crippen LogP contribution in [0.2, 0.25) is 0 Å². The molecule has 1 fully saturated rings. The number of hydrogen-bond donors (Lipinski definition) is 2. The van der Waals surface area contributed by atoms with Crippen LogP contribution in [0.4, 0.5) is 4.39 Å². The van der Waals surface area contributed by atoms with Gasteiger partial charge in [-0.2, -0.15) is 0 Å². The lowest BCUT2D eigenvalue weighted by Gasteiger charge is -2.21. The van der Waals surface area contributed by atoms with E-state index in [2.05, 4.69) is 10.6 Å². The Morgan fingerprint density at radius 1 is 1.44 bits per heavy atom. The quantitative estimate of drug-likeness (QED) is 0.788. The molecule has 18 heavy (non-hydrogen) atoms. The molecular formula is C13H15FN2O2. The smallest absolute Gasteiger partial charge is 0.243 e. The summed E-state index contributed by atoms with van der Waals surface area (Å²) >= 11 is 0. The third-order valence-electron chi connectivity index (χ3n) is 3.03. The van der Waals surface area contributed by atoms with Gasteiger partial charge < -0.3 is 5.32 Å². The Kier molecular flexibility index (Phi) is 3.72. The lowest BCUT2D eigenvalue weighted by molar-refractivity contribution is -0.134. The zero-order valence-corrected chi connectivity index (χ0v) is 10.1. The molecule has 1 aromatic rings. The van der Waals surface area contributed by atoms with E-state index in [1.807, 2.05) is 6.07 Å². The minimum atomic E-state index is -0.382. The van der Waals surface area contributed by atoms with Crippen LogP contribution in [-0.2, 0) is 16.1 Å². The van der Waals surface area contributed by atoms with Crippen molar-refractivity contribution < 1.29 is 14.0 Å². The van der Waals surface area contributed by atoms with Gasteiger partial charge in [-0.1, -0.05) is 12.1 Å². The van der Waals surface area contributed by atoms with Gasteiger partial charge in [0.1, 0.15) is 5.82 Å². The first-order valence-corrected chi connectivity index (χ1v) is 5.88. The molecule has 4 nitrogen and oxygen atoms in total. The summed E-state index contributed by atoms with van der Waals surface area (Å²) in [6, 6.07) is 4.59. The monoisotopic (exact) mass is 250 g/mol. The first-order chi connectivity index (χ1) is 8.56. The van der Waals surface area contributed by atoms with Crippen LogP contribution in [0.25, 0.3) is 0 Å². The van der Waals surface area contributed by atoms with E-state index in [1.165, 1.54) is 6.07 Å². The van der Waals surface area contributed by atoms with Gasteiger partial charge in [0.2, 0.25) is 11.8 Å². The van der Waals surface area contributed by atoms with Crippen molar-refractivity contribution in [3.63, 3.8) is 0 Å². The van der Waals surface area contributed by atoms with Crippen molar-refractivity contribution in [3.8, 4) is 0 Å². The summed E-state index contributed by atoms with van der Waals surface area (Å²) in [6.07, 6.45) is 0.824. The molecule has 1 aliphatic rings. The van der Waals surface area contributed by atoms with Gasteiger partial charge >= 0.3 is 0 Å². The molecule has 0 bridgehead atoms. The number of benzene rings is 1. The number of carbonyl (C=O) groups excluding carboxylic acids is 2. The number of hydrogen-bond acceptors (Lipinski definition) is 3. The number of carbonyl (C=O) groups is 2. The normalized spacial score (nSPS) is 19.8. The molecule has 2 amide bonds. The van der Waals surface area contributed by atoms with Crippen molar-refractivity contribution in [1.29, 1.82) is 0 Å². The number of rotatable bonds is 3. The summed E-state index contributed by atoms with van der Waals surface area (Å²) in [7, 11) is 0. The van der Waals surface area contributed by atoms with Crippen LogP contribution in [0.1, 0.15) is 24.0 Å². The molecule has 1 saturated heterocycles. The van der Waals surface area contributed by atoms with Crippen molar-refractivity contribution >= 4 is 11.8 Å². The predicted molar refractivity (Wildman–Crippen MR) is 64.1 cm³/mol. The van der Waals surface area contributed by atoms with Crippen LogP contribution in [0.3, 0.4) is 0 Å². The van der Waals surface area contributed by atoms with E-state index in [0.29, 0.717) is 24.9 Å². The highest BCUT2D eigenvalue weighted by Gasteiger charge is 2.25. The second-order valence-corrected chi connectivity index (χ2v) is 4.47. The van der Waals surface area contributed by atoms with Crippen molar-refractivity contribution in [1.82, 2.24) is 10.6 Å². The number of imide groups is 1. The Morgan fingerprint density at radius 3 is 2.89 bits per heavy atom. The molecule has 1 heterocycles. The van der Waals surface area contributed by atoms with Crippen LogP contribution in [0.5, 0.6) is 0 Å². The maximum Gasteiger partial charge on any atom is 0.243 e. The second kappa shape index (κ2) is 5.27. The summed E-state index contributed by atoms with van der Waals surface area (Å²) in [5, 5.41) is 5.30. The van der Waals surface area contributed by atoms with E-state index >= 15 is 0 Å². The van der Waals surface area contributed by atoms with Gasteiger partial charge in [-0.25, -0.2) is 4.39 Å². The van der Waals surface area contributed by atoms with Gasteiger partial charge in [0.15, 0.2) is 0 Å². The molecule has 1 unspecified atom stereocenters. The van der Waals surface area contributed by atoms with Crippen molar-refractivity contribution in [2.75, 3.05) is 0 Å². The van der Waals surface area contributed by atoms with Crippen molar-refractivity contribution in [3.05, 3.63) is 35.1 Å². The summed E-state index contributed by atoms with van der Waals surface area (Å²) in [6.45, 7) is 2.11. The molecule has 2 N–H and O–H groups in total. The second-order valence-electron chi connectivity index (χ2n) is 4.47. The van der Waals surface area contributed by atoms with Crippen LogP contribution >= 0.6 is 0 Å². The molecule has 1 atom stereocenters. The molecule has 0 aliphatic carbocycles. The summed E-state index contributed by atoms with van der Waals surface area (Å²) in [5.41, 5.74) is 1.38. The minimum absolute atomic E-state index is 0.237. The maximum absolute atomic E-state index is 13.3. The van der Waals surface area contributed by atoms with Crippen LogP contribution in [0.15, 0.2) is 18.2 Å². The number of piperidine rings is 1. The topological polar surface area (TPSA) is 58.2 Å². The SMILES string of the molecule is Cc1ccc(CNC2CCC(=O)NC2=O)cc1F. The predicted octanol–water partition coefficient (Wildman–Crippen LogP) is 1.03. The fourth-order valence-electron chi connectivity index (χ4n) is 1.88. The van der Waals surface area contributed by atoms with E-state index < -0.39 is 0 Å². The van der Waals surface area contributed by atoms with Crippen LogP contribution in [0, 0.1) is 12.7 Å². The van der Waals surface area contributed by atoms with Gasteiger partial charge in [0, 0.05) is 13.0 Å². The average Bonchev–Trinajstić information content (AvgIpc) is 2.32. The number of amides is 2. The molecule has 5 heteroatoms. The lowest BCUT2D eigenvalue weighted by Crippen LogP contribution is -2.50. The first kappa shape index (κ1) is 12.7. The number of nitrogens with one attached hydrogen (secondary N) is 2. The Hall–Kier alpha value is -1.75. The summed E-state index contributed by atoms with van der Waals surface area (Å²) < 4.78 is 13.3. The van der Waals surface area contributed by atoms with Crippen LogP contribution < -0.4 is 10.6 Å². The van der Waals surface area contributed by atoms with E-state index in [0.717, 1.165) is 5.56 Å². The van der Waals surface area contributed by atoms with Crippen molar-refractivity contribution in [2.45, 2.75) is 32.4 Å². The molecular weight excluding hydrogens is 235 g/mol. The Morgan fingerprint density at radius 2 is 2.22 bits per heavy atom. The standard InChI is InChI=1S/C13H15FN2O2/c1-8-2-3-9(6-10(8)14)7-15-11-4-5-12(17)16-13(11)18/h2-3,6,11,15H,4-5,7H2,1H3,(H,16,17,18). The van der Waals surface area contributed by atoms with Gasteiger partial charge in [-0.15, -0.1) is 0 Å². The lowest BCUT2D eigenvalue weighted by atomic mass is 10.1. The summed E-state index contributed by atoms with van der Waals surface area (Å²) in [4.78, 5) is 22.4. The molecule has 0 saturated carbocycles. The Bertz CT molecular complexity index is 488. The van der Waals surface area contributed by atoms with Gasteiger partial charge in [0.05, 0.1) is 6.04 Å². The number of aryl methyl sites for hydroxylation is 1.